The third-order valence-corrected chi connectivity index (χ3v) is 6.24. The summed E-state index contributed by atoms with van der Waals surface area (Å²) in [5, 5.41) is 3.05. The van der Waals surface area contributed by atoms with Gasteiger partial charge in [0.25, 0.3) is 5.91 Å². The lowest BCUT2D eigenvalue weighted by Gasteiger charge is -2.35. The van der Waals surface area contributed by atoms with Gasteiger partial charge in [0.1, 0.15) is 5.60 Å². The van der Waals surface area contributed by atoms with Gasteiger partial charge in [-0.2, -0.15) is 0 Å². The smallest absolute Gasteiger partial charge is 0.410 e. The van der Waals surface area contributed by atoms with Gasteiger partial charge in [-0.05, 0) is 69.6 Å². The zero-order chi connectivity index (χ0) is 24.0. The Bertz CT molecular complexity index is 856. The van der Waals surface area contributed by atoms with Gasteiger partial charge in [-0.25, -0.2) is 4.79 Å². The number of carbonyl (C=O) groups is 3. The number of ether oxygens (including phenoxy) is 2. The summed E-state index contributed by atoms with van der Waals surface area (Å²) in [5.41, 5.74) is 2.42. The van der Waals surface area contributed by atoms with E-state index in [1.54, 1.807) is 4.90 Å². The van der Waals surface area contributed by atoms with E-state index in [1.807, 2.05) is 37.8 Å². The van der Waals surface area contributed by atoms with Crippen molar-refractivity contribution in [2.45, 2.75) is 58.6 Å². The summed E-state index contributed by atoms with van der Waals surface area (Å²) in [7, 11) is 1.37. The molecule has 2 amide bonds. The van der Waals surface area contributed by atoms with Gasteiger partial charge in [0.15, 0.2) is 0 Å². The molecule has 1 fully saturated rings. The molecule has 0 radical (unpaired) electrons. The number of piperidine rings is 1. The molecule has 0 spiro atoms. The summed E-state index contributed by atoms with van der Waals surface area (Å²) < 4.78 is 10.1. The normalized spacial score (nSPS) is 17.0. The lowest BCUT2D eigenvalue weighted by atomic mass is 9.92. The fourth-order valence-corrected chi connectivity index (χ4v) is 4.36. The van der Waals surface area contributed by atoms with Gasteiger partial charge in [-0.1, -0.05) is 12.1 Å². The molecule has 33 heavy (non-hydrogen) atoms. The number of nitrogens with one attached hydrogen (secondary N) is 1. The number of fused-ring (bicyclic) bond motifs is 1. The summed E-state index contributed by atoms with van der Waals surface area (Å²) in [6, 6.07) is 5.90. The standard InChI is InChI=1S/C25H37N3O5/c1-25(2,3)33-24(31)28-12-8-18(9-13-28)7-11-27-14-10-20-15-19(5-6-21(20)23(27)30)16-26-17-22(29)32-4/h5-6,15,18,26H,7-14,16-17H2,1-4H3. The molecule has 0 unspecified atom stereocenters. The Morgan fingerprint density at radius 3 is 2.55 bits per heavy atom. The van der Waals surface area contributed by atoms with Crippen LogP contribution in [0.15, 0.2) is 18.2 Å². The minimum absolute atomic E-state index is 0.0940. The van der Waals surface area contributed by atoms with Crippen LogP contribution in [0.1, 0.15) is 61.5 Å². The molecule has 0 aliphatic carbocycles. The second-order valence-corrected chi connectivity index (χ2v) is 9.91. The molecule has 1 aromatic rings. The van der Waals surface area contributed by atoms with Crippen molar-refractivity contribution in [2.75, 3.05) is 39.8 Å². The fraction of sp³-hybridized carbons (Fsp3) is 0.640. The van der Waals surface area contributed by atoms with E-state index in [0.717, 1.165) is 55.5 Å². The molecule has 2 heterocycles. The molecule has 0 aromatic heterocycles. The van der Waals surface area contributed by atoms with Crippen molar-refractivity contribution in [2.24, 2.45) is 5.92 Å². The summed E-state index contributed by atoms with van der Waals surface area (Å²) in [4.78, 5) is 40.2. The Labute approximate surface area is 196 Å². The monoisotopic (exact) mass is 459 g/mol. The highest BCUT2D eigenvalue weighted by Crippen LogP contribution is 2.25. The van der Waals surface area contributed by atoms with E-state index < -0.39 is 5.60 Å². The Hall–Kier alpha value is -2.61. The second kappa shape index (κ2) is 11.0. The molecule has 182 valence electrons. The van der Waals surface area contributed by atoms with Crippen molar-refractivity contribution in [3.8, 4) is 0 Å². The first-order valence-corrected chi connectivity index (χ1v) is 11.8. The van der Waals surface area contributed by atoms with Crippen LogP contribution in [-0.4, -0.2) is 73.2 Å². The SMILES string of the molecule is COC(=O)CNCc1ccc2c(c1)CCN(CCC1CCN(C(=O)OC(C)(C)C)CC1)C2=O. The fourth-order valence-electron chi connectivity index (χ4n) is 4.36. The molecule has 0 atom stereocenters. The summed E-state index contributed by atoms with van der Waals surface area (Å²) in [5.74, 6) is 0.312. The average molecular weight is 460 g/mol. The van der Waals surface area contributed by atoms with E-state index >= 15 is 0 Å². The molecular weight excluding hydrogens is 422 g/mol. The number of esters is 1. The zero-order valence-corrected chi connectivity index (χ0v) is 20.3. The molecule has 0 bridgehead atoms. The number of hydrogen-bond donors (Lipinski definition) is 1. The Kier molecular flexibility index (Phi) is 8.35. The van der Waals surface area contributed by atoms with Crippen molar-refractivity contribution in [1.82, 2.24) is 15.1 Å². The predicted molar refractivity (Wildman–Crippen MR) is 125 cm³/mol. The molecule has 8 heteroatoms. The van der Waals surface area contributed by atoms with Crippen molar-refractivity contribution < 1.29 is 23.9 Å². The van der Waals surface area contributed by atoms with Crippen molar-refractivity contribution in [3.63, 3.8) is 0 Å². The van der Waals surface area contributed by atoms with Crippen molar-refractivity contribution in [3.05, 3.63) is 34.9 Å². The van der Waals surface area contributed by atoms with Crippen LogP contribution >= 0.6 is 0 Å². The number of hydrogen-bond acceptors (Lipinski definition) is 6. The molecule has 0 saturated carbocycles. The highest BCUT2D eigenvalue weighted by Gasteiger charge is 2.29. The third-order valence-electron chi connectivity index (χ3n) is 6.24. The Morgan fingerprint density at radius 2 is 1.88 bits per heavy atom. The van der Waals surface area contributed by atoms with Crippen molar-refractivity contribution >= 4 is 18.0 Å². The molecule has 1 N–H and O–H groups in total. The first kappa shape index (κ1) is 25.0. The molecule has 3 rings (SSSR count). The number of carbonyl (C=O) groups excluding carboxylic acids is 3. The minimum Gasteiger partial charge on any atom is -0.468 e. The Morgan fingerprint density at radius 1 is 1.15 bits per heavy atom. The van der Waals surface area contributed by atoms with Crippen LogP contribution in [0.25, 0.3) is 0 Å². The highest BCUT2D eigenvalue weighted by molar-refractivity contribution is 5.96. The first-order chi connectivity index (χ1) is 15.7. The van der Waals surface area contributed by atoms with E-state index in [4.69, 9.17) is 4.74 Å². The predicted octanol–water partition coefficient (Wildman–Crippen LogP) is 2.98. The number of benzene rings is 1. The molecule has 1 aromatic carbocycles. The van der Waals surface area contributed by atoms with E-state index in [0.29, 0.717) is 25.6 Å². The topological polar surface area (TPSA) is 88.2 Å². The van der Waals surface area contributed by atoms with Gasteiger partial charge >= 0.3 is 12.1 Å². The zero-order valence-electron chi connectivity index (χ0n) is 20.3. The lowest BCUT2D eigenvalue weighted by molar-refractivity contribution is -0.139. The first-order valence-electron chi connectivity index (χ1n) is 11.8. The van der Waals surface area contributed by atoms with Gasteiger partial charge in [0.2, 0.25) is 0 Å². The summed E-state index contributed by atoms with van der Waals surface area (Å²) in [6.45, 7) is 9.27. The quantitative estimate of drug-likeness (QED) is 0.631. The third kappa shape index (κ3) is 7.19. The van der Waals surface area contributed by atoms with Gasteiger partial charge in [0, 0.05) is 38.3 Å². The van der Waals surface area contributed by atoms with Crippen LogP contribution in [0.5, 0.6) is 0 Å². The van der Waals surface area contributed by atoms with E-state index in [1.165, 1.54) is 7.11 Å². The van der Waals surface area contributed by atoms with Crippen LogP contribution in [0.3, 0.4) is 0 Å². The molecule has 1 saturated heterocycles. The van der Waals surface area contributed by atoms with E-state index in [2.05, 4.69) is 16.1 Å². The molecule has 2 aliphatic heterocycles. The average Bonchev–Trinajstić information content (AvgIpc) is 2.77. The molecule has 2 aliphatic rings. The van der Waals surface area contributed by atoms with Gasteiger partial charge in [0.05, 0.1) is 13.7 Å². The second-order valence-electron chi connectivity index (χ2n) is 9.91. The van der Waals surface area contributed by atoms with Gasteiger partial charge in [-0.3, -0.25) is 9.59 Å². The van der Waals surface area contributed by atoms with Crippen molar-refractivity contribution in [1.29, 1.82) is 0 Å². The lowest BCUT2D eigenvalue weighted by Crippen LogP contribution is -2.43. The van der Waals surface area contributed by atoms with Gasteiger partial charge < -0.3 is 24.6 Å². The number of likely N-dealkylation sites (tertiary alicyclic amines) is 1. The maximum Gasteiger partial charge on any atom is 0.410 e. The molecule has 8 nitrogen and oxygen atoms in total. The summed E-state index contributed by atoms with van der Waals surface area (Å²) >= 11 is 0. The maximum atomic E-state index is 13.0. The van der Waals surface area contributed by atoms with E-state index in [9.17, 15) is 14.4 Å². The van der Waals surface area contributed by atoms with Crippen LogP contribution in [0.2, 0.25) is 0 Å². The number of nitrogens with zero attached hydrogens (tertiary/aromatic N) is 2. The largest absolute Gasteiger partial charge is 0.468 e. The number of amides is 2. The summed E-state index contributed by atoms with van der Waals surface area (Å²) in [6.07, 6.45) is 3.45. The van der Waals surface area contributed by atoms with Crippen LogP contribution in [-0.2, 0) is 27.2 Å². The van der Waals surface area contributed by atoms with Crippen LogP contribution < -0.4 is 5.32 Å². The number of rotatable bonds is 7. The van der Waals surface area contributed by atoms with Crippen LogP contribution in [0, 0.1) is 5.92 Å². The minimum atomic E-state index is -0.473. The maximum absolute atomic E-state index is 13.0. The van der Waals surface area contributed by atoms with E-state index in [-0.39, 0.29) is 24.5 Å². The van der Waals surface area contributed by atoms with Crippen LogP contribution in [0.4, 0.5) is 4.79 Å². The number of methoxy groups -OCH3 is 1. The molecular formula is C25H37N3O5. The highest BCUT2D eigenvalue weighted by atomic mass is 16.6. The Balaban J connectivity index is 1.44. The van der Waals surface area contributed by atoms with Gasteiger partial charge in [-0.15, -0.1) is 0 Å².